The van der Waals surface area contributed by atoms with Crippen molar-refractivity contribution in [3.63, 3.8) is 0 Å². The summed E-state index contributed by atoms with van der Waals surface area (Å²) >= 11 is 0. The standard InChI is InChI=1S/C20H38N6O.HI/c1-6-21-20(22-11-10-19(16(3)4)27-7-2)24-17-9-8-12-26(14-17)18-13-23-25(5)15-18;/h13,15-17,19H,6-12,14H2,1-5H3,(H2,21,22,24);1H. The number of piperidine rings is 1. The maximum atomic E-state index is 5.84. The zero-order chi connectivity index (χ0) is 19.6. The summed E-state index contributed by atoms with van der Waals surface area (Å²) < 4.78 is 7.70. The van der Waals surface area contributed by atoms with Crippen LogP contribution in [0.15, 0.2) is 17.4 Å². The van der Waals surface area contributed by atoms with Gasteiger partial charge < -0.3 is 20.3 Å². The molecule has 2 heterocycles. The smallest absolute Gasteiger partial charge is 0.191 e. The molecule has 2 unspecified atom stereocenters. The maximum Gasteiger partial charge on any atom is 0.191 e. The molecule has 2 rings (SSSR count). The van der Waals surface area contributed by atoms with Gasteiger partial charge in [-0.05, 0) is 39.0 Å². The summed E-state index contributed by atoms with van der Waals surface area (Å²) in [7, 11) is 1.96. The molecular weight excluding hydrogens is 467 g/mol. The second-order valence-electron chi connectivity index (χ2n) is 7.59. The van der Waals surface area contributed by atoms with Crippen LogP contribution in [0.3, 0.4) is 0 Å². The second-order valence-corrected chi connectivity index (χ2v) is 7.59. The number of nitrogens with one attached hydrogen (secondary N) is 2. The van der Waals surface area contributed by atoms with E-state index in [9.17, 15) is 0 Å². The number of hydrogen-bond donors (Lipinski definition) is 2. The summed E-state index contributed by atoms with van der Waals surface area (Å²) in [6.07, 6.45) is 7.59. The first-order valence-corrected chi connectivity index (χ1v) is 10.4. The Morgan fingerprint density at radius 2 is 2.18 bits per heavy atom. The first kappa shape index (κ1) is 25.0. The first-order valence-electron chi connectivity index (χ1n) is 10.4. The van der Waals surface area contributed by atoms with Gasteiger partial charge in [0, 0.05) is 52.1 Å². The van der Waals surface area contributed by atoms with Crippen LogP contribution < -0.4 is 15.5 Å². The molecule has 0 radical (unpaired) electrons. The van der Waals surface area contributed by atoms with Gasteiger partial charge in [0.2, 0.25) is 0 Å². The van der Waals surface area contributed by atoms with E-state index in [-0.39, 0.29) is 30.1 Å². The number of ether oxygens (including phenoxy) is 1. The normalized spacial score (nSPS) is 18.7. The molecule has 1 fully saturated rings. The van der Waals surface area contributed by atoms with Gasteiger partial charge in [0.1, 0.15) is 0 Å². The Morgan fingerprint density at radius 1 is 1.39 bits per heavy atom. The van der Waals surface area contributed by atoms with Crippen molar-refractivity contribution in [3.05, 3.63) is 12.4 Å². The van der Waals surface area contributed by atoms with E-state index in [4.69, 9.17) is 9.73 Å². The van der Waals surface area contributed by atoms with Crippen LogP contribution in [0.4, 0.5) is 5.69 Å². The van der Waals surface area contributed by atoms with E-state index >= 15 is 0 Å². The number of nitrogens with zero attached hydrogens (tertiary/aromatic N) is 4. The van der Waals surface area contributed by atoms with E-state index in [2.05, 4.69) is 54.5 Å². The molecule has 0 amide bonds. The van der Waals surface area contributed by atoms with Crippen molar-refractivity contribution in [1.82, 2.24) is 20.4 Å². The summed E-state index contributed by atoms with van der Waals surface area (Å²) in [5, 5.41) is 11.3. The van der Waals surface area contributed by atoms with Gasteiger partial charge in [0.25, 0.3) is 0 Å². The fraction of sp³-hybridized carbons (Fsp3) is 0.800. The Balaban J connectivity index is 0.00000392. The third-order valence-electron chi connectivity index (χ3n) is 4.97. The number of halogens is 1. The quantitative estimate of drug-likeness (QED) is 0.306. The Kier molecular flexibility index (Phi) is 11.8. The van der Waals surface area contributed by atoms with Crippen molar-refractivity contribution >= 4 is 35.6 Å². The highest BCUT2D eigenvalue weighted by Gasteiger charge is 2.22. The highest BCUT2D eigenvalue weighted by Crippen LogP contribution is 2.19. The first-order chi connectivity index (χ1) is 13.0. The predicted molar refractivity (Wildman–Crippen MR) is 128 cm³/mol. The van der Waals surface area contributed by atoms with Crippen LogP contribution in [0.2, 0.25) is 0 Å². The van der Waals surface area contributed by atoms with E-state index in [1.54, 1.807) is 0 Å². The minimum absolute atomic E-state index is 0. The molecule has 2 N–H and O–H groups in total. The third kappa shape index (κ3) is 8.14. The lowest BCUT2D eigenvalue weighted by Gasteiger charge is -2.34. The molecular formula is C20H39IN6O. The topological polar surface area (TPSA) is 66.7 Å². The number of hydrogen-bond acceptors (Lipinski definition) is 4. The minimum Gasteiger partial charge on any atom is -0.378 e. The van der Waals surface area contributed by atoms with Crippen LogP contribution in [0.1, 0.15) is 47.0 Å². The number of rotatable bonds is 9. The number of aliphatic imine (C=N–C) groups is 1. The number of aromatic nitrogens is 2. The third-order valence-corrected chi connectivity index (χ3v) is 4.97. The summed E-state index contributed by atoms with van der Waals surface area (Å²) in [5.41, 5.74) is 1.20. The SMILES string of the molecule is CCNC(=NCCC(OCC)C(C)C)NC1CCCN(c2cnn(C)c2)C1.I. The summed E-state index contributed by atoms with van der Waals surface area (Å²) in [5.74, 6) is 1.43. The van der Waals surface area contributed by atoms with Crippen LogP contribution >= 0.6 is 24.0 Å². The molecule has 7 nitrogen and oxygen atoms in total. The van der Waals surface area contributed by atoms with Crippen molar-refractivity contribution in [3.8, 4) is 0 Å². The number of anilines is 1. The minimum atomic E-state index is 0. The molecule has 2 atom stereocenters. The van der Waals surface area contributed by atoms with Crippen LogP contribution in [-0.4, -0.2) is 60.7 Å². The van der Waals surface area contributed by atoms with Gasteiger partial charge in [-0.2, -0.15) is 5.10 Å². The van der Waals surface area contributed by atoms with Gasteiger partial charge in [-0.3, -0.25) is 9.67 Å². The van der Waals surface area contributed by atoms with Gasteiger partial charge in [-0.25, -0.2) is 0 Å². The molecule has 1 aliphatic heterocycles. The van der Waals surface area contributed by atoms with Gasteiger partial charge in [-0.1, -0.05) is 13.8 Å². The molecule has 1 aliphatic rings. The predicted octanol–water partition coefficient (Wildman–Crippen LogP) is 3.01. The Hall–Kier alpha value is -1.03. The average Bonchev–Trinajstić information content (AvgIpc) is 3.07. The Bertz CT molecular complexity index is 577. The molecule has 1 aromatic rings. The van der Waals surface area contributed by atoms with Gasteiger partial charge >= 0.3 is 0 Å². The fourth-order valence-corrected chi connectivity index (χ4v) is 3.54. The highest BCUT2D eigenvalue weighted by molar-refractivity contribution is 14.0. The zero-order valence-electron chi connectivity index (χ0n) is 18.1. The molecule has 162 valence electrons. The van der Waals surface area contributed by atoms with Crippen LogP contribution in [0.5, 0.6) is 0 Å². The van der Waals surface area contributed by atoms with E-state index in [0.29, 0.717) is 12.0 Å². The highest BCUT2D eigenvalue weighted by atomic mass is 127. The number of aryl methyl sites for hydroxylation is 1. The second kappa shape index (κ2) is 13.2. The number of guanidine groups is 1. The van der Waals surface area contributed by atoms with Crippen molar-refractivity contribution in [2.24, 2.45) is 18.0 Å². The van der Waals surface area contributed by atoms with E-state index < -0.39 is 0 Å². The van der Waals surface area contributed by atoms with Gasteiger partial charge in [-0.15, -0.1) is 24.0 Å². The molecule has 0 aromatic carbocycles. The molecule has 0 aliphatic carbocycles. The monoisotopic (exact) mass is 506 g/mol. The summed E-state index contributed by atoms with van der Waals surface area (Å²) in [4.78, 5) is 7.20. The molecule has 0 spiro atoms. The molecule has 8 heteroatoms. The molecule has 1 aromatic heterocycles. The lowest BCUT2D eigenvalue weighted by molar-refractivity contribution is 0.0266. The van der Waals surface area contributed by atoms with Crippen molar-refractivity contribution in [1.29, 1.82) is 0 Å². The summed E-state index contributed by atoms with van der Waals surface area (Å²) in [6.45, 7) is 13.0. The van der Waals surface area contributed by atoms with Crippen molar-refractivity contribution in [2.75, 3.05) is 37.7 Å². The summed E-state index contributed by atoms with van der Waals surface area (Å²) in [6, 6.07) is 0.393. The lowest BCUT2D eigenvalue weighted by atomic mass is 10.0. The molecule has 28 heavy (non-hydrogen) atoms. The van der Waals surface area contributed by atoms with E-state index in [1.165, 1.54) is 12.1 Å². The van der Waals surface area contributed by atoms with Crippen molar-refractivity contribution < 1.29 is 4.74 Å². The van der Waals surface area contributed by atoms with Crippen LogP contribution in [-0.2, 0) is 11.8 Å². The fourth-order valence-electron chi connectivity index (χ4n) is 3.54. The van der Waals surface area contributed by atoms with Crippen LogP contribution in [0, 0.1) is 5.92 Å². The Labute approximate surface area is 187 Å². The van der Waals surface area contributed by atoms with Gasteiger partial charge in [0.05, 0.1) is 18.0 Å². The van der Waals surface area contributed by atoms with E-state index in [1.807, 2.05) is 17.9 Å². The van der Waals surface area contributed by atoms with Crippen LogP contribution in [0.25, 0.3) is 0 Å². The zero-order valence-corrected chi connectivity index (χ0v) is 20.5. The molecule has 0 bridgehead atoms. The Morgan fingerprint density at radius 3 is 2.79 bits per heavy atom. The molecule has 0 saturated carbocycles. The largest absolute Gasteiger partial charge is 0.378 e. The lowest BCUT2D eigenvalue weighted by Crippen LogP contribution is -2.51. The van der Waals surface area contributed by atoms with Crippen molar-refractivity contribution in [2.45, 2.75) is 59.1 Å². The maximum absolute atomic E-state index is 5.84. The van der Waals surface area contributed by atoms with E-state index in [0.717, 1.165) is 51.6 Å². The van der Waals surface area contributed by atoms with Gasteiger partial charge in [0.15, 0.2) is 5.96 Å². The molecule has 1 saturated heterocycles. The average molecular weight is 506 g/mol.